The zero-order valence-corrected chi connectivity index (χ0v) is 13.6. The zero-order valence-electron chi connectivity index (χ0n) is 13.6. The number of halogens is 1. The van der Waals surface area contributed by atoms with E-state index in [4.69, 9.17) is 5.11 Å². The normalized spacial score (nSPS) is 11.8. The standard InChI is InChI=1S/C16H15FN6O3/c1-8(9-2-4-10(17)5-3-9)19-15(24)20-13-6-12-11(7-18-13)14(23-22-12)21-16(25)26/h2-8H,1H3,(H,25,26)(H2,21,22,23)(H2,18,19,20,24). The van der Waals surface area contributed by atoms with Crippen LogP contribution < -0.4 is 16.0 Å². The molecule has 9 nitrogen and oxygen atoms in total. The van der Waals surface area contributed by atoms with E-state index < -0.39 is 12.1 Å². The van der Waals surface area contributed by atoms with Crippen molar-refractivity contribution >= 4 is 34.7 Å². The lowest BCUT2D eigenvalue weighted by molar-refractivity contribution is 0.209. The van der Waals surface area contributed by atoms with Crippen molar-refractivity contribution < 1.29 is 19.1 Å². The highest BCUT2D eigenvalue weighted by Crippen LogP contribution is 2.21. The molecule has 2 heterocycles. The monoisotopic (exact) mass is 358 g/mol. The Balaban J connectivity index is 1.67. The van der Waals surface area contributed by atoms with E-state index in [0.29, 0.717) is 10.9 Å². The summed E-state index contributed by atoms with van der Waals surface area (Å²) in [6, 6.07) is 6.52. The van der Waals surface area contributed by atoms with E-state index in [1.165, 1.54) is 24.4 Å². The summed E-state index contributed by atoms with van der Waals surface area (Å²) in [5, 5.41) is 23.1. The molecule has 0 saturated heterocycles. The average molecular weight is 358 g/mol. The molecule has 2 aromatic heterocycles. The summed E-state index contributed by atoms with van der Waals surface area (Å²) in [7, 11) is 0. The number of hydrogen-bond donors (Lipinski definition) is 5. The molecular formula is C16H15FN6O3. The van der Waals surface area contributed by atoms with Gasteiger partial charge in [0.15, 0.2) is 5.82 Å². The van der Waals surface area contributed by atoms with Crippen LogP contribution in [0, 0.1) is 5.82 Å². The molecule has 1 atom stereocenters. The van der Waals surface area contributed by atoms with Crippen molar-refractivity contribution in [3.8, 4) is 0 Å². The number of amides is 3. The molecule has 1 unspecified atom stereocenters. The van der Waals surface area contributed by atoms with Crippen molar-refractivity contribution in [2.75, 3.05) is 10.6 Å². The molecular weight excluding hydrogens is 343 g/mol. The molecule has 0 fully saturated rings. The Bertz CT molecular complexity index is 956. The minimum atomic E-state index is -1.24. The number of nitrogens with zero attached hydrogens (tertiary/aromatic N) is 2. The lowest BCUT2D eigenvalue weighted by Crippen LogP contribution is -2.31. The van der Waals surface area contributed by atoms with Gasteiger partial charge in [0.2, 0.25) is 0 Å². The highest BCUT2D eigenvalue weighted by Gasteiger charge is 2.13. The molecule has 0 radical (unpaired) electrons. The number of pyridine rings is 1. The third-order valence-corrected chi connectivity index (χ3v) is 3.63. The molecule has 3 amide bonds. The van der Waals surface area contributed by atoms with Crippen molar-refractivity contribution in [1.29, 1.82) is 0 Å². The third-order valence-electron chi connectivity index (χ3n) is 3.63. The molecule has 134 valence electrons. The molecule has 3 rings (SSSR count). The first kappa shape index (κ1) is 17.1. The number of anilines is 2. The van der Waals surface area contributed by atoms with E-state index in [-0.39, 0.29) is 23.5 Å². The first-order valence-corrected chi connectivity index (χ1v) is 7.59. The maximum atomic E-state index is 12.9. The van der Waals surface area contributed by atoms with E-state index in [2.05, 4.69) is 31.1 Å². The summed E-state index contributed by atoms with van der Waals surface area (Å²) >= 11 is 0. The van der Waals surface area contributed by atoms with Gasteiger partial charge in [-0.1, -0.05) is 12.1 Å². The Hall–Kier alpha value is -3.69. The van der Waals surface area contributed by atoms with Gasteiger partial charge in [0.1, 0.15) is 11.6 Å². The quantitative estimate of drug-likeness (QED) is 0.489. The zero-order chi connectivity index (χ0) is 18.7. The van der Waals surface area contributed by atoms with Crippen LogP contribution in [-0.2, 0) is 0 Å². The second-order valence-electron chi connectivity index (χ2n) is 5.49. The summed E-state index contributed by atoms with van der Waals surface area (Å²) in [5.41, 5.74) is 1.26. The Labute approximate surface area is 146 Å². The van der Waals surface area contributed by atoms with Crippen LogP contribution in [0.2, 0.25) is 0 Å². The number of carbonyl (C=O) groups is 2. The fraction of sp³-hybridized carbons (Fsp3) is 0.125. The Kier molecular flexibility index (Phi) is 4.65. The highest BCUT2D eigenvalue weighted by molar-refractivity contribution is 5.98. The highest BCUT2D eigenvalue weighted by atomic mass is 19.1. The third kappa shape index (κ3) is 3.86. The molecule has 0 aliphatic carbocycles. The number of nitrogens with one attached hydrogen (secondary N) is 4. The molecule has 0 bridgehead atoms. The van der Waals surface area contributed by atoms with Crippen LogP contribution in [0.3, 0.4) is 0 Å². The number of aromatic amines is 1. The average Bonchev–Trinajstić information content (AvgIpc) is 2.96. The van der Waals surface area contributed by atoms with E-state index in [1.807, 2.05) is 0 Å². The van der Waals surface area contributed by atoms with Gasteiger partial charge in [0, 0.05) is 12.3 Å². The van der Waals surface area contributed by atoms with Gasteiger partial charge in [-0.05, 0) is 24.6 Å². The minimum absolute atomic E-state index is 0.126. The number of carbonyl (C=O) groups excluding carboxylic acids is 1. The summed E-state index contributed by atoms with van der Waals surface area (Å²) in [5.74, 6) is 0.0342. The van der Waals surface area contributed by atoms with Crippen molar-refractivity contribution in [2.24, 2.45) is 0 Å². The number of hydrogen-bond acceptors (Lipinski definition) is 4. The fourth-order valence-electron chi connectivity index (χ4n) is 2.36. The number of rotatable bonds is 4. The lowest BCUT2D eigenvalue weighted by atomic mass is 10.1. The summed E-state index contributed by atoms with van der Waals surface area (Å²) in [6.07, 6.45) is 0.151. The summed E-state index contributed by atoms with van der Waals surface area (Å²) in [6.45, 7) is 1.77. The molecule has 5 N–H and O–H groups in total. The Morgan fingerprint density at radius 1 is 1.23 bits per heavy atom. The second kappa shape index (κ2) is 7.05. The van der Waals surface area contributed by atoms with Crippen molar-refractivity contribution in [3.05, 3.63) is 47.9 Å². The molecule has 10 heteroatoms. The maximum absolute atomic E-state index is 12.9. The van der Waals surface area contributed by atoms with Crippen LogP contribution in [0.25, 0.3) is 10.9 Å². The maximum Gasteiger partial charge on any atom is 0.410 e. The van der Waals surface area contributed by atoms with Gasteiger partial charge < -0.3 is 10.4 Å². The van der Waals surface area contributed by atoms with Crippen LogP contribution >= 0.6 is 0 Å². The lowest BCUT2D eigenvalue weighted by Gasteiger charge is -2.14. The topological polar surface area (TPSA) is 132 Å². The van der Waals surface area contributed by atoms with Gasteiger partial charge in [0.05, 0.1) is 16.9 Å². The van der Waals surface area contributed by atoms with Gasteiger partial charge >= 0.3 is 12.1 Å². The Morgan fingerprint density at radius 2 is 1.96 bits per heavy atom. The smallest absolute Gasteiger partial charge is 0.410 e. The number of fused-ring (bicyclic) bond motifs is 1. The van der Waals surface area contributed by atoms with E-state index in [1.54, 1.807) is 19.1 Å². The second-order valence-corrected chi connectivity index (χ2v) is 5.49. The molecule has 0 aliphatic rings. The number of H-pyrrole nitrogens is 1. The SMILES string of the molecule is CC(NC(=O)Nc1cc2[nH]nc(NC(=O)O)c2cn1)c1ccc(F)cc1. The molecule has 26 heavy (non-hydrogen) atoms. The summed E-state index contributed by atoms with van der Waals surface area (Å²) < 4.78 is 12.9. The van der Waals surface area contributed by atoms with Crippen LogP contribution in [0.1, 0.15) is 18.5 Å². The Morgan fingerprint density at radius 3 is 2.65 bits per heavy atom. The van der Waals surface area contributed by atoms with Gasteiger partial charge in [-0.15, -0.1) is 0 Å². The van der Waals surface area contributed by atoms with Crippen LogP contribution in [0.4, 0.5) is 25.6 Å². The molecule has 0 spiro atoms. The van der Waals surface area contributed by atoms with Crippen molar-refractivity contribution in [2.45, 2.75) is 13.0 Å². The molecule has 0 aliphatic heterocycles. The van der Waals surface area contributed by atoms with Crippen LogP contribution in [-0.4, -0.2) is 32.4 Å². The number of benzene rings is 1. The first-order valence-electron chi connectivity index (χ1n) is 7.59. The first-order chi connectivity index (χ1) is 12.4. The molecule has 1 aromatic carbocycles. The number of carboxylic acid groups (broad SMARTS) is 1. The fourth-order valence-corrected chi connectivity index (χ4v) is 2.36. The predicted molar refractivity (Wildman–Crippen MR) is 92.5 cm³/mol. The van der Waals surface area contributed by atoms with Gasteiger partial charge in [-0.3, -0.25) is 15.7 Å². The minimum Gasteiger partial charge on any atom is -0.465 e. The van der Waals surface area contributed by atoms with Gasteiger partial charge in [0.25, 0.3) is 0 Å². The predicted octanol–water partition coefficient (Wildman–Crippen LogP) is 3.07. The largest absolute Gasteiger partial charge is 0.465 e. The number of urea groups is 1. The van der Waals surface area contributed by atoms with Gasteiger partial charge in [-0.2, -0.15) is 5.10 Å². The summed E-state index contributed by atoms with van der Waals surface area (Å²) in [4.78, 5) is 26.9. The van der Waals surface area contributed by atoms with E-state index in [0.717, 1.165) is 5.56 Å². The van der Waals surface area contributed by atoms with Gasteiger partial charge in [-0.25, -0.2) is 19.0 Å². The van der Waals surface area contributed by atoms with Crippen LogP contribution in [0.15, 0.2) is 36.5 Å². The number of aromatic nitrogens is 3. The van der Waals surface area contributed by atoms with E-state index in [9.17, 15) is 14.0 Å². The van der Waals surface area contributed by atoms with Crippen molar-refractivity contribution in [3.63, 3.8) is 0 Å². The molecule has 3 aromatic rings. The molecule has 0 saturated carbocycles. The van der Waals surface area contributed by atoms with Crippen molar-refractivity contribution in [1.82, 2.24) is 20.5 Å². The van der Waals surface area contributed by atoms with E-state index >= 15 is 0 Å². The van der Waals surface area contributed by atoms with Crippen LogP contribution in [0.5, 0.6) is 0 Å².